The molecule has 1 N–H and O–H groups in total. The highest BCUT2D eigenvalue weighted by Gasteiger charge is 2.16. The minimum atomic E-state index is 0.0552. The summed E-state index contributed by atoms with van der Waals surface area (Å²) >= 11 is 3.22. The molecule has 0 saturated carbocycles. The number of hydrogen-bond acceptors (Lipinski definition) is 4. The van der Waals surface area contributed by atoms with Crippen molar-refractivity contribution in [3.05, 3.63) is 65.2 Å². The van der Waals surface area contributed by atoms with Gasteiger partial charge in [-0.05, 0) is 30.5 Å². The molecule has 0 fully saturated rings. The predicted molar refractivity (Wildman–Crippen MR) is 110 cm³/mol. The van der Waals surface area contributed by atoms with Gasteiger partial charge in [0.05, 0.1) is 17.5 Å². The van der Waals surface area contributed by atoms with Gasteiger partial charge >= 0.3 is 0 Å². The lowest BCUT2D eigenvalue weighted by Crippen LogP contribution is -2.29. The lowest BCUT2D eigenvalue weighted by molar-refractivity contribution is -0.119. The molecule has 2 aromatic carbocycles. The SMILES string of the molecule is CC[C@@H](NC(=O)CSC1=Nc2ccccc2CS1)c1ccc(C)cc1. The van der Waals surface area contributed by atoms with Crippen LogP contribution >= 0.6 is 23.5 Å². The molecule has 2 aromatic rings. The number of aryl methyl sites for hydroxylation is 1. The lowest BCUT2D eigenvalue weighted by atomic mass is 10.0. The van der Waals surface area contributed by atoms with Crippen molar-refractivity contribution in [3.63, 3.8) is 0 Å². The zero-order valence-electron chi connectivity index (χ0n) is 14.5. The molecular weight excluding hydrogens is 348 g/mol. The van der Waals surface area contributed by atoms with Crippen molar-refractivity contribution >= 4 is 39.5 Å². The monoisotopic (exact) mass is 370 g/mol. The van der Waals surface area contributed by atoms with Crippen molar-refractivity contribution in [1.82, 2.24) is 5.32 Å². The molecule has 0 saturated heterocycles. The van der Waals surface area contributed by atoms with Crippen LogP contribution in [0.2, 0.25) is 0 Å². The van der Waals surface area contributed by atoms with Crippen molar-refractivity contribution in [3.8, 4) is 0 Å². The van der Waals surface area contributed by atoms with E-state index < -0.39 is 0 Å². The number of thioether (sulfide) groups is 2. The van der Waals surface area contributed by atoms with E-state index in [0.29, 0.717) is 5.75 Å². The van der Waals surface area contributed by atoms with Crippen LogP contribution in [-0.4, -0.2) is 16.0 Å². The average Bonchev–Trinajstić information content (AvgIpc) is 2.65. The fourth-order valence-electron chi connectivity index (χ4n) is 2.67. The fourth-order valence-corrected chi connectivity index (χ4v) is 4.54. The van der Waals surface area contributed by atoms with Gasteiger partial charge < -0.3 is 5.32 Å². The molecule has 1 heterocycles. The number of benzene rings is 2. The summed E-state index contributed by atoms with van der Waals surface area (Å²) in [5.41, 5.74) is 4.67. The lowest BCUT2D eigenvalue weighted by Gasteiger charge is -2.18. The van der Waals surface area contributed by atoms with Gasteiger partial charge in [0.2, 0.25) is 5.91 Å². The highest BCUT2D eigenvalue weighted by atomic mass is 32.2. The number of amides is 1. The summed E-state index contributed by atoms with van der Waals surface area (Å²) in [6.45, 7) is 4.16. The Balaban J connectivity index is 1.56. The summed E-state index contributed by atoms with van der Waals surface area (Å²) in [4.78, 5) is 17.0. The average molecular weight is 371 g/mol. The van der Waals surface area contributed by atoms with E-state index >= 15 is 0 Å². The van der Waals surface area contributed by atoms with E-state index in [1.165, 1.54) is 22.9 Å². The van der Waals surface area contributed by atoms with E-state index in [1.807, 2.05) is 18.2 Å². The van der Waals surface area contributed by atoms with Crippen LogP contribution in [0.4, 0.5) is 5.69 Å². The molecule has 3 rings (SSSR count). The standard InChI is InChI=1S/C20H22N2OS2/c1-3-17(15-10-8-14(2)9-11-15)21-19(23)13-25-20-22-18-7-5-4-6-16(18)12-24-20/h4-11,17H,3,12-13H2,1-2H3,(H,21,23)/t17-/m1/s1. The number of carbonyl (C=O) groups excluding carboxylic acids is 1. The molecule has 130 valence electrons. The largest absolute Gasteiger partial charge is 0.349 e. The van der Waals surface area contributed by atoms with Gasteiger partial charge in [-0.3, -0.25) is 4.79 Å². The Morgan fingerprint density at radius 1 is 1.24 bits per heavy atom. The van der Waals surface area contributed by atoms with E-state index in [9.17, 15) is 4.79 Å². The zero-order chi connectivity index (χ0) is 17.6. The Bertz CT molecular complexity index is 772. The smallest absolute Gasteiger partial charge is 0.230 e. The number of para-hydroxylation sites is 1. The quantitative estimate of drug-likeness (QED) is 0.783. The van der Waals surface area contributed by atoms with Crippen molar-refractivity contribution in [2.45, 2.75) is 32.1 Å². The highest BCUT2D eigenvalue weighted by Crippen LogP contribution is 2.34. The van der Waals surface area contributed by atoms with E-state index in [2.05, 4.69) is 54.5 Å². The molecule has 3 nitrogen and oxygen atoms in total. The first-order chi connectivity index (χ1) is 12.2. The van der Waals surface area contributed by atoms with Crippen molar-refractivity contribution in [2.75, 3.05) is 5.75 Å². The third-order valence-electron chi connectivity index (χ3n) is 4.10. The molecule has 1 amide bonds. The van der Waals surface area contributed by atoms with Crippen LogP contribution in [0, 0.1) is 6.92 Å². The van der Waals surface area contributed by atoms with Gasteiger partial charge in [-0.25, -0.2) is 4.99 Å². The van der Waals surface area contributed by atoms with Crippen LogP contribution in [0.5, 0.6) is 0 Å². The first-order valence-corrected chi connectivity index (χ1v) is 10.4. The van der Waals surface area contributed by atoms with Gasteiger partial charge in [0, 0.05) is 5.75 Å². The number of nitrogens with zero attached hydrogens (tertiary/aromatic N) is 1. The van der Waals surface area contributed by atoms with E-state index in [0.717, 1.165) is 27.8 Å². The van der Waals surface area contributed by atoms with Gasteiger partial charge in [-0.1, -0.05) is 78.5 Å². The molecule has 0 aromatic heterocycles. The molecule has 0 aliphatic carbocycles. The molecule has 0 unspecified atom stereocenters. The fraction of sp³-hybridized carbons (Fsp3) is 0.300. The predicted octanol–water partition coefficient (Wildman–Crippen LogP) is 5.23. The van der Waals surface area contributed by atoms with Crippen LogP contribution in [0.15, 0.2) is 53.5 Å². The van der Waals surface area contributed by atoms with Gasteiger partial charge in [0.1, 0.15) is 4.38 Å². The molecule has 0 spiro atoms. The van der Waals surface area contributed by atoms with Gasteiger partial charge in [-0.2, -0.15) is 0 Å². The molecule has 1 atom stereocenters. The second-order valence-electron chi connectivity index (χ2n) is 6.02. The summed E-state index contributed by atoms with van der Waals surface area (Å²) < 4.78 is 0.970. The van der Waals surface area contributed by atoms with Crippen molar-refractivity contribution in [1.29, 1.82) is 0 Å². The molecular formula is C20H22N2OS2. The Kier molecular flexibility index (Phi) is 6.21. The summed E-state index contributed by atoms with van der Waals surface area (Å²) in [5, 5.41) is 3.14. The summed E-state index contributed by atoms with van der Waals surface area (Å²) in [6, 6.07) is 16.6. The summed E-state index contributed by atoms with van der Waals surface area (Å²) in [5.74, 6) is 1.38. The van der Waals surface area contributed by atoms with E-state index in [4.69, 9.17) is 0 Å². The van der Waals surface area contributed by atoms with E-state index in [-0.39, 0.29) is 11.9 Å². The number of aliphatic imine (C=N–C) groups is 1. The first-order valence-electron chi connectivity index (χ1n) is 8.44. The Hall–Kier alpha value is -1.72. The minimum absolute atomic E-state index is 0.0552. The Labute approximate surface area is 157 Å². The molecule has 1 aliphatic heterocycles. The third kappa shape index (κ3) is 4.89. The maximum Gasteiger partial charge on any atom is 0.230 e. The van der Waals surface area contributed by atoms with Crippen LogP contribution in [0.3, 0.4) is 0 Å². The second kappa shape index (κ2) is 8.59. The number of rotatable bonds is 5. The second-order valence-corrected chi connectivity index (χ2v) is 8.21. The number of fused-ring (bicyclic) bond motifs is 1. The number of hydrogen-bond donors (Lipinski definition) is 1. The Morgan fingerprint density at radius 2 is 2.00 bits per heavy atom. The van der Waals surface area contributed by atoms with Gasteiger partial charge in [0.25, 0.3) is 0 Å². The van der Waals surface area contributed by atoms with Crippen LogP contribution < -0.4 is 5.32 Å². The van der Waals surface area contributed by atoms with Crippen molar-refractivity contribution < 1.29 is 4.79 Å². The highest BCUT2D eigenvalue weighted by molar-refractivity contribution is 8.38. The van der Waals surface area contributed by atoms with E-state index in [1.54, 1.807) is 11.8 Å². The molecule has 0 radical (unpaired) electrons. The third-order valence-corrected chi connectivity index (χ3v) is 6.35. The Morgan fingerprint density at radius 3 is 2.76 bits per heavy atom. The van der Waals surface area contributed by atoms with Gasteiger partial charge in [-0.15, -0.1) is 0 Å². The van der Waals surface area contributed by atoms with Crippen LogP contribution in [0.1, 0.15) is 36.1 Å². The van der Waals surface area contributed by atoms with Gasteiger partial charge in [0.15, 0.2) is 0 Å². The van der Waals surface area contributed by atoms with Crippen LogP contribution in [-0.2, 0) is 10.5 Å². The van der Waals surface area contributed by atoms with Crippen LogP contribution in [0.25, 0.3) is 0 Å². The maximum atomic E-state index is 12.3. The first kappa shape index (κ1) is 18.1. The normalized spacial score (nSPS) is 14.4. The zero-order valence-corrected chi connectivity index (χ0v) is 16.1. The molecule has 0 bridgehead atoms. The minimum Gasteiger partial charge on any atom is -0.349 e. The molecule has 5 heteroatoms. The number of nitrogens with one attached hydrogen (secondary N) is 1. The summed E-state index contributed by atoms with van der Waals surface area (Å²) in [6.07, 6.45) is 0.878. The molecule has 1 aliphatic rings. The maximum absolute atomic E-state index is 12.3. The van der Waals surface area contributed by atoms with Crippen molar-refractivity contribution in [2.24, 2.45) is 4.99 Å². The summed E-state index contributed by atoms with van der Waals surface area (Å²) in [7, 11) is 0. The molecule has 25 heavy (non-hydrogen) atoms. The number of carbonyl (C=O) groups is 1. The topological polar surface area (TPSA) is 41.5 Å².